The summed E-state index contributed by atoms with van der Waals surface area (Å²) in [4.78, 5) is 24.3. The molecule has 0 aliphatic carbocycles. The molecule has 4 heterocycles. The summed E-state index contributed by atoms with van der Waals surface area (Å²) in [5.41, 5.74) is 2.72. The average Bonchev–Trinajstić information content (AvgIpc) is 3.46. The number of aliphatic imine (C=N–C) groups is 1. The van der Waals surface area contributed by atoms with Gasteiger partial charge in [-0.2, -0.15) is 0 Å². The van der Waals surface area contributed by atoms with E-state index in [9.17, 15) is 9.18 Å². The van der Waals surface area contributed by atoms with Gasteiger partial charge in [0, 0.05) is 70.0 Å². The largest absolute Gasteiger partial charge is 0.381 e. The third-order valence-corrected chi connectivity index (χ3v) is 7.96. The maximum Gasteiger partial charge on any atom is 0.219 e. The molecule has 2 aromatic rings. The number of thioether (sulfide) groups is 1. The van der Waals surface area contributed by atoms with Crippen molar-refractivity contribution in [2.24, 2.45) is 4.99 Å². The van der Waals surface area contributed by atoms with Crippen LogP contribution in [0.2, 0.25) is 0 Å². The minimum Gasteiger partial charge on any atom is -0.381 e. The van der Waals surface area contributed by atoms with Crippen molar-refractivity contribution < 1.29 is 13.9 Å². The van der Waals surface area contributed by atoms with Crippen LogP contribution in [0, 0.1) is 5.82 Å². The van der Waals surface area contributed by atoms with E-state index in [0.29, 0.717) is 12.1 Å². The molecule has 2 saturated heterocycles. The molecule has 0 radical (unpaired) electrons. The first-order valence-electron chi connectivity index (χ1n) is 11.9. The number of anilines is 1. The third-order valence-electron chi connectivity index (χ3n) is 6.81. The molecule has 0 saturated carbocycles. The summed E-state index contributed by atoms with van der Waals surface area (Å²) in [5.74, 6) is 0.909. The van der Waals surface area contributed by atoms with Crippen molar-refractivity contribution in [1.29, 1.82) is 0 Å². The van der Waals surface area contributed by atoms with Crippen LogP contribution in [0.1, 0.15) is 31.9 Å². The highest BCUT2D eigenvalue weighted by atomic mass is 32.2. The number of fused-ring (bicyclic) bond motifs is 1. The summed E-state index contributed by atoms with van der Waals surface area (Å²) in [6.07, 6.45) is 2.88. The van der Waals surface area contributed by atoms with Crippen molar-refractivity contribution in [2.75, 3.05) is 57.0 Å². The predicted molar refractivity (Wildman–Crippen MR) is 132 cm³/mol. The van der Waals surface area contributed by atoms with Gasteiger partial charge in [-0.05, 0) is 37.5 Å². The molecular weight excluding hydrogens is 441 g/mol. The summed E-state index contributed by atoms with van der Waals surface area (Å²) in [7, 11) is 0. The first-order valence-corrected chi connectivity index (χ1v) is 12.9. The van der Waals surface area contributed by atoms with Crippen LogP contribution in [0.5, 0.6) is 0 Å². The van der Waals surface area contributed by atoms with Gasteiger partial charge in [-0.3, -0.25) is 14.7 Å². The maximum absolute atomic E-state index is 14.3. The highest BCUT2D eigenvalue weighted by Gasteiger charge is 2.24. The van der Waals surface area contributed by atoms with Gasteiger partial charge in [-0.25, -0.2) is 4.39 Å². The zero-order chi connectivity index (χ0) is 22.8. The van der Waals surface area contributed by atoms with E-state index in [-0.39, 0.29) is 11.7 Å². The molecule has 1 amide bonds. The van der Waals surface area contributed by atoms with Crippen molar-refractivity contribution in [3.05, 3.63) is 29.7 Å². The number of carbonyl (C=O) groups is 1. The fourth-order valence-electron chi connectivity index (χ4n) is 4.83. The second-order valence-electron chi connectivity index (χ2n) is 9.17. The Bertz CT molecular complexity index is 1030. The van der Waals surface area contributed by atoms with Crippen molar-refractivity contribution in [2.45, 2.75) is 38.3 Å². The van der Waals surface area contributed by atoms with E-state index in [2.05, 4.69) is 15.2 Å². The first-order chi connectivity index (χ1) is 16.0. The molecule has 0 unspecified atom stereocenters. The number of amides is 1. The summed E-state index contributed by atoms with van der Waals surface area (Å²) in [5, 5.41) is 5.40. The highest BCUT2D eigenvalue weighted by molar-refractivity contribution is 8.14. The second-order valence-corrected chi connectivity index (χ2v) is 10.2. The first kappa shape index (κ1) is 22.7. The lowest BCUT2D eigenvalue weighted by atomic mass is 10.1. The third kappa shape index (κ3) is 5.36. The lowest BCUT2D eigenvalue weighted by Crippen LogP contribution is -2.48. The highest BCUT2D eigenvalue weighted by Crippen LogP contribution is 2.31. The van der Waals surface area contributed by atoms with Crippen molar-refractivity contribution in [1.82, 2.24) is 14.8 Å². The minimum absolute atomic E-state index is 0.167. The van der Waals surface area contributed by atoms with E-state index in [1.165, 1.54) is 0 Å². The van der Waals surface area contributed by atoms with E-state index in [1.54, 1.807) is 30.8 Å². The molecule has 2 N–H and O–H groups in total. The molecule has 3 aliphatic heterocycles. The Balaban J connectivity index is 1.23. The Morgan fingerprint density at radius 2 is 2.03 bits per heavy atom. The number of halogens is 1. The predicted octanol–water partition coefficient (Wildman–Crippen LogP) is 3.31. The van der Waals surface area contributed by atoms with Crippen LogP contribution in [-0.2, 0) is 9.53 Å². The van der Waals surface area contributed by atoms with Crippen molar-refractivity contribution in [3.63, 3.8) is 0 Å². The quantitative estimate of drug-likeness (QED) is 0.674. The van der Waals surface area contributed by atoms with Crippen LogP contribution in [0.25, 0.3) is 10.9 Å². The molecule has 9 heteroatoms. The summed E-state index contributed by atoms with van der Waals surface area (Å²) in [6, 6.07) is 5.77. The molecule has 7 nitrogen and oxygen atoms in total. The molecule has 2 fully saturated rings. The number of nitrogens with zero attached hydrogens (tertiary/aromatic N) is 3. The molecule has 0 spiro atoms. The average molecular weight is 474 g/mol. The number of carbonyl (C=O) groups excluding carboxylic acids is 1. The van der Waals surface area contributed by atoms with Crippen LogP contribution >= 0.6 is 11.8 Å². The van der Waals surface area contributed by atoms with Crippen LogP contribution in [0.15, 0.2) is 23.2 Å². The molecule has 3 aliphatic rings. The molecule has 5 rings (SSSR count). The van der Waals surface area contributed by atoms with E-state index >= 15 is 0 Å². The van der Waals surface area contributed by atoms with E-state index in [1.807, 2.05) is 11.0 Å². The van der Waals surface area contributed by atoms with Crippen molar-refractivity contribution in [3.8, 4) is 0 Å². The molecule has 33 heavy (non-hydrogen) atoms. The molecule has 178 valence electrons. The molecular formula is C24H32FN5O2S. The van der Waals surface area contributed by atoms with Gasteiger partial charge in [0.15, 0.2) is 0 Å². The minimum atomic E-state index is -0.230. The SMILES string of the molecule is CC(=O)N1CCN(CC[C@@H]2CSC(c3cc4cc(F)cc(NC5CCOCC5)c4[nH]3)=N2)CC1. The fourth-order valence-corrected chi connectivity index (χ4v) is 5.91. The van der Waals surface area contributed by atoms with E-state index in [4.69, 9.17) is 9.73 Å². The van der Waals surface area contributed by atoms with Crippen LogP contribution in [-0.4, -0.2) is 89.5 Å². The van der Waals surface area contributed by atoms with Gasteiger partial charge in [-0.15, -0.1) is 11.8 Å². The topological polar surface area (TPSA) is 73.0 Å². The number of rotatable bonds is 6. The summed E-state index contributed by atoms with van der Waals surface area (Å²) in [6.45, 7) is 7.65. The Labute approximate surface area is 198 Å². The van der Waals surface area contributed by atoms with Crippen LogP contribution in [0.4, 0.5) is 10.1 Å². The number of aromatic nitrogens is 1. The normalized spacial score (nSPS) is 22.7. The van der Waals surface area contributed by atoms with Gasteiger partial charge in [0.2, 0.25) is 5.91 Å². The standard InChI is InChI=1S/C24H32FN5O2S/c1-16(31)30-8-6-29(7-9-30)5-2-20-15-33-24(27-20)22-13-17-12-18(25)14-21(23(17)28-22)26-19-3-10-32-11-4-19/h12-14,19-20,26,28H,2-11,15H2,1H3/t20-/m1/s1. The van der Waals surface area contributed by atoms with E-state index in [0.717, 1.165) is 98.3 Å². The Morgan fingerprint density at radius 3 is 2.79 bits per heavy atom. The zero-order valence-corrected chi connectivity index (χ0v) is 19.9. The van der Waals surface area contributed by atoms with Crippen molar-refractivity contribution >= 4 is 39.3 Å². The Kier molecular flexibility index (Phi) is 6.89. The number of piperazine rings is 1. The van der Waals surface area contributed by atoms with Gasteiger partial charge >= 0.3 is 0 Å². The van der Waals surface area contributed by atoms with Gasteiger partial charge in [0.05, 0.1) is 22.9 Å². The number of ether oxygens (including phenoxy) is 1. The monoisotopic (exact) mass is 473 g/mol. The second kappa shape index (κ2) is 10.0. The number of H-pyrrole nitrogens is 1. The Morgan fingerprint density at radius 1 is 1.24 bits per heavy atom. The number of hydrogen-bond acceptors (Lipinski definition) is 6. The Hall–Kier alpha value is -2.10. The molecule has 0 bridgehead atoms. The number of aromatic amines is 1. The lowest BCUT2D eigenvalue weighted by molar-refractivity contribution is -0.130. The van der Waals surface area contributed by atoms with Gasteiger partial charge in [0.25, 0.3) is 0 Å². The van der Waals surface area contributed by atoms with Gasteiger partial charge < -0.3 is 19.9 Å². The number of hydrogen-bond donors (Lipinski definition) is 2. The zero-order valence-electron chi connectivity index (χ0n) is 19.1. The number of benzene rings is 1. The lowest BCUT2D eigenvalue weighted by Gasteiger charge is -2.34. The smallest absolute Gasteiger partial charge is 0.219 e. The van der Waals surface area contributed by atoms with E-state index < -0.39 is 0 Å². The summed E-state index contributed by atoms with van der Waals surface area (Å²) >= 11 is 1.77. The fraction of sp³-hybridized carbons (Fsp3) is 0.583. The number of nitrogens with one attached hydrogen (secondary N) is 2. The molecule has 1 aromatic heterocycles. The van der Waals surface area contributed by atoms with Gasteiger partial charge in [0.1, 0.15) is 10.9 Å². The molecule has 1 aromatic carbocycles. The summed E-state index contributed by atoms with van der Waals surface area (Å²) < 4.78 is 19.7. The van der Waals surface area contributed by atoms with Crippen LogP contribution < -0.4 is 5.32 Å². The van der Waals surface area contributed by atoms with Gasteiger partial charge in [-0.1, -0.05) is 0 Å². The van der Waals surface area contributed by atoms with Crippen LogP contribution in [0.3, 0.4) is 0 Å². The maximum atomic E-state index is 14.3. The molecule has 1 atom stereocenters.